The van der Waals surface area contributed by atoms with Crippen LogP contribution in [0.15, 0.2) is 41.3 Å². The molecule has 0 amide bonds. The molecular formula is C21H28N2O3S. The van der Waals surface area contributed by atoms with Crippen molar-refractivity contribution in [2.75, 3.05) is 29.8 Å². The number of ether oxygens (including phenoxy) is 1. The Hall–Kier alpha value is -2.21. The van der Waals surface area contributed by atoms with Crippen LogP contribution in [0.1, 0.15) is 30.9 Å². The number of hydrogen-bond donors (Lipinski definition) is 1. The molecule has 146 valence electrons. The molecular weight excluding hydrogens is 360 g/mol. The monoisotopic (exact) mass is 388 g/mol. The molecule has 5 nitrogen and oxygen atoms in total. The summed E-state index contributed by atoms with van der Waals surface area (Å²) in [5, 5.41) is 0. The molecule has 1 aliphatic rings. The normalized spacial score (nSPS) is 17.6. The molecule has 27 heavy (non-hydrogen) atoms. The molecule has 1 aliphatic heterocycles. The number of anilines is 2. The highest BCUT2D eigenvalue weighted by Gasteiger charge is 2.20. The molecule has 2 aromatic rings. The third-order valence-electron chi connectivity index (χ3n) is 5.12. The van der Waals surface area contributed by atoms with Gasteiger partial charge in [-0.05, 0) is 80.1 Å². The summed E-state index contributed by atoms with van der Waals surface area (Å²) in [6.45, 7) is 7.99. The number of rotatable bonds is 5. The van der Waals surface area contributed by atoms with E-state index in [1.54, 1.807) is 26.2 Å². The van der Waals surface area contributed by atoms with E-state index in [-0.39, 0.29) is 4.90 Å². The molecule has 1 heterocycles. The van der Waals surface area contributed by atoms with Gasteiger partial charge in [0.2, 0.25) is 0 Å². The average molecular weight is 389 g/mol. The van der Waals surface area contributed by atoms with Crippen LogP contribution in [0.3, 0.4) is 0 Å². The number of aryl methyl sites for hydroxylation is 2. The maximum Gasteiger partial charge on any atom is 0.262 e. The fourth-order valence-electron chi connectivity index (χ4n) is 3.65. The van der Waals surface area contributed by atoms with Crippen LogP contribution in [-0.2, 0) is 10.0 Å². The molecule has 0 aliphatic carbocycles. The van der Waals surface area contributed by atoms with E-state index in [0.717, 1.165) is 24.3 Å². The summed E-state index contributed by atoms with van der Waals surface area (Å²) in [6.07, 6.45) is 2.47. The Morgan fingerprint density at radius 2 is 1.81 bits per heavy atom. The van der Waals surface area contributed by atoms with Crippen molar-refractivity contribution in [1.82, 2.24) is 0 Å². The first-order chi connectivity index (χ1) is 12.8. The molecule has 0 spiro atoms. The summed E-state index contributed by atoms with van der Waals surface area (Å²) < 4.78 is 33.6. The summed E-state index contributed by atoms with van der Waals surface area (Å²) in [7, 11) is -2.07. The van der Waals surface area contributed by atoms with Crippen LogP contribution < -0.4 is 14.4 Å². The Kier molecular flexibility index (Phi) is 5.65. The number of methoxy groups -OCH3 is 1. The maximum absolute atomic E-state index is 12.8. The molecule has 0 bridgehead atoms. The van der Waals surface area contributed by atoms with Gasteiger partial charge in [0.1, 0.15) is 5.75 Å². The van der Waals surface area contributed by atoms with Gasteiger partial charge < -0.3 is 9.64 Å². The SMILES string of the molecule is COc1cc(C)c(S(=O)(=O)Nc2ccc(N3CCCC(C)C3)cc2)cc1C. The molecule has 0 radical (unpaired) electrons. The second kappa shape index (κ2) is 7.80. The molecule has 1 atom stereocenters. The molecule has 2 aromatic carbocycles. The standard InChI is InChI=1S/C21H28N2O3S/c1-15-6-5-11-23(14-15)19-9-7-18(8-10-19)22-27(24,25)21-13-16(2)20(26-4)12-17(21)3/h7-10,12-13,15,22H,5-6,11,14H2,1-4H3. The molecule has 6 heteroatoms. The molecule has 1 N–H and O–H groups in total. The fraction of sp³-hybridized carbons (Fsp3) is 0.429. The Labute approximate surface area is 162 Å². The van der Waals surface area contributed by atoms with Crippen molar-refractivity contribution in [2.45, 2.75) is 38.5 Å². The maximum atomic E-state index is 12.8. The van der Waals surface area contributed by atoms with Gasteiger partial charge in [-0.15, -0.1) is 0 Å². The van der Waals surface area contributed by atoms with Crippen molar-refractivity contribution in [3.05, 3.63) is 47.5 Å². The van der Waals surface area contributed by atoms with E-state index in [1.165, 1.54) is 12.8 Å². The molecule has 1 fully saturated rings. The molecule has 1 saturated heterocycles. The number of hydrogen-bond acceptors (Lipinski definition) is 4. The Bertz CT molecular complexity index is 908. The van der Waals surface area contributed by atoms with Crippen molar-refractivity contribution in [1.29, 1.82) is 0 Å². The highest BCUT2D eigenvalue weighted by molar-refractivity contribution is 7.92. The second-order valence-electron chi connectivity index (χ2n) is 7.43. The predicted octanol–water partition coefficient (Wildman–Crippen LogP) is 4.35. The third-order valence-corrected chi connectivity index (χ3v) is 6.65. The first-order valence-electron chi connectivity index (χ1n) is 9.33. The van der Waals surface area contributed by atoms with Gasteiger partial charge in [-0.1, -0.05) is 6.92 Å². The van der Waals surface area contributed by atoms with Crippen LogP contribution in [0, 0.1) is 19.8 Å². The van der Waals surface area contributed by atoms with Crippen molar-refractivity contribution >= 4 is 21.4 Å². The Morgan fingerprint density at radius 3 is 2.44 bits per heavy atom. The van der Waals surface area contributed by atoms with E-state index < -0.39 is 10.0 Å². The van der Waals surface area contributed by atoms with Gasteiger partial charge in [0.05, 0.1) is 12.0 Å². The van der Waals surface area contributed by atoms with Crippen molar-refractivity contribution < 1.29 is 13.2 Å². The number of piperidine rings is 1. The number of nitrogens with one attached hydrogen (secondary N) is 1. The summed E-state index contributed by atoms with van der Waals surface area (Å²) in [4.78, 5) is 2.64. The highest BCUT2D eigenvalue weighted by atomic mass is 32.2. The molecule has 0 saturated carbocycles. The van der Waals surface area contributed by atoms with Crippen LogP contribution in [0.5, 0.6) is 5.75 Å². The zero-order valence-electron chi connectivity index (χ0n) is 16.5. The topological polar surface area (TPSA) is 58.6 Å². The quantitative estimate of drug-likeness (QED) is 0.827. The lowest BCUT2D eigenvalue weighted by Crippen LogP contribution is -2.34. The Balaban J connectivity index is 1.79. The van der Waals surface area contributed by atoms with Crippen LogP contribution >= 0.6 is 0 Å². The van der Waals surface area contributed by atoms with Gasteiger partial charge in [-0.3, -0.25) is 4.72 Å². The lowest BCUT2D eigenvalue weighted by molar-refractivity contribution is 0.411. The summed E-state index contributed by atoms with van der Waals surface area (Å²) in [6, 6.07) is 11.0. The highest BCUT2D eigenvalue weighted by Crippen LogP contribution is 2.28. The predicted molar refractivity (Wildman–Crippen MR) is 110 cm³/mol. The van der Waals surface area contributed by atoms with Crippen molar-refractivity contribution in [3.8, 4) is 5.75 Å². The second-order valence-corrected chi connectivity index (χ2v) is 9.08. The minimum absolute atomic E-state index is 0.273. The zero-order valence-corrected chi connectivity index (χ0v) is 17.3. The zero-order chi connectivity index (χ0) is 19.6. The van der Waals surface area contributed by atoms with E-state index >= 15 is 0 Å². The lowest BCUT2D eigenvalue weighted by atomic mass is 10.00. The third kappa shape index (κ3) is 4.38. The minimum atomic E-state index is -3.66. The summed E-state index contributed by atoms with van der Waals surface area (Å²) >= 11 is 0. The van der Waals surface area contributed by atoms with Crippen LogP contribution in [-0.4, -0.2) is 28.6 Å². The van der Waals surface area contributed by atoms with E-state index in [0.29, 0.717) is 22.9 Å². The smallest absolute Gasteiger partial charge is 0.262 e. The van der Waals surface area contributed by atoms with E-state index in [2.05, 4.69) is 16.5 Å². The van der Waals surface area contributed by atoms with Crippen molar-refractivity contribution in [2.24, 2.45) is 5.92 Å². The lowest BCUT2D eigenvalue weighted by Gasteiger charge is -2.32. The molecule has 0 aromatic heterocycles. The Morgan fingerprint density at radius 1 is 1.11 bits per heavy atom. The van der Waals surface area contributed by atoms with Gasteiger partial charge in [-0.25, -0.2) is 8.42 Å². The van der Waals surface area contributed by atoms with E-state index in [1.807, 2.05) is 31.2 Å². The van der Waals surface area contributed by atoms with Gasteiger partial charge in [0.15, 0.2) is 0 Å². The number of benzene rings is 2. The summed E-state index contributed by atoms with van der Waals surface area (Å²) in [5.41, 5.74) is 3.15. The number of nitrogens with zero attached hydrogens (tertiary/aromatic N) is 1. The first kappa shape index (κ1) is 19.5. The minimum Gasteiger partial charge on any atom is -0.496 e. The van der Waals surface area contributed by atoms with Gasteiger partial charge in [0, 0.05) is 24.5 Å². The largest absolute Gasteiger partial charge is 0.496 e. The van der Waals surface area contributed by atoms with Crippen LogP contribution in [0.25, 0.3) is 0 Å². The van der Waals surface area contributed by atoms with Crippen LogP contribution in [0.2, 0.25) is 0 Å². The van der Waals surface area contributed by atoms with Gasteiger partial charge in [-0.2, -0.15) is 0 Å². The van der Waals surface area contributed by atoms with Gasteiger partial charge in [0.25, 0.3) is 10.0 Å². The van der Waals surface area contributed by atoms with Crippen LogP contribution in [0.4, 0.5) is 11.4 Å². The van der Waals surface area contributed by atoms with Crippen molar-refractivity contribution in [3.63, 3.8) is 0 Å². The molecule has 3 rings (SSSR count). The fourth-order valence-corrected chi connectivity index (χ4v) is 5.02. The van der Waals surface area contributed by atoms with E-state index in [9.17, 15) is 8.42 Å². The first-order valence-corrected chi connectivity index (χ1v) is 10.8. The summed E-state index contributed by atoms with van der Waals surface area (Å²) in [5.74, 6) is 1.38. The van der Waals surface area contributed by atoms with Gasteiger partial charge >= 0.3 is 0 Å². The average Bonchev–Trinajstić information content (AvgIpc) is 2.63. The van der Waals surface area contributed by atoms with E-state index in [4.69, 9.17) is 4.74 Å². The molecule has 1 unspecified atom stereocenters. The number of sulfonamides is 1.